The zero-order valence-corrected chi connectivity index (χ0v) is 18.2. The number of hydrogen-bond acceptors (Lipinski definition) is 2. The number of primary amides is 1. The fraction of sp³-hybridized carbons (Fsp3) is 0.103. The van der Waals surface area contributed by atoms with Crippen molar-refractivity contribution >= 4 is 11.8 Å². The van der Waals surface area contributed by atoms with Crippen molar-refractivity contribution in [1.82, 2.24) is 5.32 Å². The van der Waals surface area contributed by atoms with Gasteiger partial charge in [-0.25, -0.2) is 0 Å². The van der Waals surface area contributed by atoms with E-state index >= 15 is 0 Å². The molecular formula is C29H26N2O2. The molecule has 0 bridgehead atoms. The van der Waals surface area contributed by atoms with Crippen LogP contribution in [-0.4, -0.2) is 17.9 Å². The van der Waals surface area contributed by atoms with Crippen LogP contribution in [0, 0.1) is 0 Å². The summed E-state index contributed by atoms with van der Waals surface area (Å²) in [5, 5.41) is 2.99. The number of nitrogens with two attached hydrogens (primary N) is 1. The molecule has 0 aliphatic carbocycles. The maximum absolute atomic E-state index is 14.3. The van der Waals surface area contributed by atoms with Crippen molar-refractivity contribution in [2.75, 3.05) is 0 Å². The SMILES string of the molecule is NC(=O)[C@@H](Cc1ccccc1)NC(=O)C(c1ccccc1)(c1ccccc1)c1ccccc1. The highest BCUT2D eigenvalue weighted by atomic mass is 16.2. The van der Waals surface area contributed by atoms with Crippen molar-refractivity contribution in [3.63, 3.8) is 0 Å². The minimum atomic E-state index is -1.16. The second-order valence-corrected chi connectivity index (χ2v) is 7.97. The Hall–Kier alpha value is -4.18. The molecule has 0 unspecified atom stereocenters. The third kappa shape index (κ3) is 4.55. The summed E-state index contributed by atoms with van der Waals surface area (Å²) in [4.78, 5) is 26.6. The smallest absolute Gasteiger partial charge is 0.240 e. The minimum absolute atomic E-state index is 0.300. The Morgan fingerprint density at radius 1 is 0.636 bits per heavy atom. The van der Waals surface area contributed by atoms with Gasteiger partial charge in [0.25, 0.3) is 0 Å². The van der Waals surface area contributed by atoms with Crippen LogP contribution in [0.5, 0.6) is 0 Å². The van der Waals surface area contributed by atoms with Crippen molar-refractivity contribution in [3.8, 4) is 0 Å². The third-order valence-electron chi connectivity index (χ3n) is 5.89. The Bertz CT molecular complexity index is 1100. The maximum atomic E-state index is 14.3. The fourth-order valence-corrected chi connectivity index (χ4v) is 4.30. The lowest BCUT2D eigenvalue weighted by atomic mass is 9.68. The molecule has 0 radical (unpaired) electrons. The van der Waals surface area contributed by atoms with Crippen LogP contribution in [0.4, 0.5) is 0 Å². The predicted octanol–water partition coefficient (Wildman–Crippen LogP) is 4.23. The van der Waals surface area contributed by atoms with Crippen LogP contribution in [0.25, 0.3) is 0 Å². The molecular weight excluding hydrogens is 408 g/mol. The van der Waals surface area contributed by atoms with E-state index in [9.17, 15) is 9.59 Å². The lowest BCUT2D eigenvalue weighted by Crippen LogP contribution is -2.54. The zero-order valence-electron chi connectivity index (χ0n) is 18.2. The van der Waals surface area contributed by atoms with E-state index < -0.39 is 17.4 Å². The molecule has 0 heterocycles. The molecule has 164 valence electrons. The Morgan fingerprint density at radius 2 is 1.00 bits per heavy atom. The Kier molecular flexibility index (Phi) is 6.65. The summed E-state index contributed by atoms with van der Waals surface area (Å²) in [6, 6.07) is 37.6. The summed E-state index contributed by atoms with van der Waals surface area (Å²) in [6.45, 7) is 0. The molecule has 0 spiro atoms. The monoisotopic (exact) mass is 434 g/mol. The lowest BCUT2D eigenvalue weighted by Gasteiger charge is -2.35. The molecule has 0 aliphatic rings. The molecule has 0 saturated heterocycles. The van der Waals surface area contributed by atoms with Crippen LogP contribution in [0.15, 0.2) is 121 Å². The van der Waals surface area contributed by atoms with Gasteiger partial charge >= 0.3 is 0 Å². The summed E-state index contributed by atoms with van der Waals surface area (Å²) >= 11 is 0. The van der Waals surface area contributed by atoms with Gasteiger partial charge in [0.1, 0.15) is 11.5 Å². The molecule has 4 aromatic carbocycles. The number of rotatable bonds is 8. The second-order valence-electron chi connectivity index (χ2n) is 7.97. The van der Waals surface area contributed by atoms with Crippen molar-refractivity contribution in [2.45, 2.75) is 17.9 Å². The lowest BCUT2D eigenvalue weighted by molar-refractivity contribution is -0.129. The van der Waals surface area contributed by atoms with Crippen molar-refractivity contribution < 1.29 is 9.59 Å². The number of nitrogens with one attached hydrogen (secondary N) is 1. The normalized spacial score (nSPS) is 12.0. The van der Waals surface area contributed by atoms with Gasteiger partial charge in [-0.1, -0.05) is 121 Å². The van der Waals surface area contributed by atoms with Crippen LogP contribution in [0.2, 0.25) is 0 Å². The van der Waals surface area contributed by atoms with E-state index in [4.69, 9.17) is 5.73 Å². The van der Waals surface area contributed by atoms with Gasteiger partial charge < -0.3 is 11.1 Å². The summed E-state index contributed by atoms with van der Waals surface area (Å²) in [5.74, 6) is -0.874. The molecule has 4 aromatic rings. The summed E-state index contributed by atoms with van der Waals surface area (Å²) in [5.41, 5.74) is 7.93. The number of benzene rings is 4. The number of carbonyl (C=O) groups is 2. The first-order valence-corrected chi connectivity index (χ1v) is 10.9. The predicted molar refractivity (Wildman–Crippen MR) is 130 cm³/mol. The van der Waals surface area contributed by atoms with Crippen LogP contribution in [0.1, 0.15) is 22.3 Å². The Morgan fingerprint density at radius 3 is 1.36 bits per heavy atom. The molecule has 33 heavy (non-hydrogen) atoms. The summed E-state index contributed by atoms with van der Waals surface area (Å²) < 4.78 is 0. The van der Waals surface area contributed by atoms with Gasteiger partial charge in [0.05, 0.1) is 0 Å². The van der Waals surface area contributed by atoms with Gasteiger partial charge in [0, 0.05) is 6.42 Å². The van der Waals surface area contributed by atoms with Crippen molar-refractivity contribution in [3.05, 3.63) is 144 Å². The largest absolute Gasteiger partial charge is 0.368 e. The summed E-state index contributed by atoms with van der Waals surface area (Å²) in [7, 11) is 0. The molecule has 0 aliphatic heterocycles. The standard InChI is InChI=1S/C29H26N2O2/c30-27(32)26(21-22-13-5-1-6-14-22)31-28(33)29(23-15-7-2-8-16-23,24-17-9-3-10-18-24)25-19-11-4-12-20-25/h1-20,26H,21H2,(H2,30,32)(H,31,33)/t26-/m1/s1. The number of hydrogen-bond donors (Lipinski definition) is 2. The van der Waals surface area contributed by atoms with Gasteiger partial charge in [0.15, 0.2) is 0 Å². The van der Waals surface area contributed by atoms with E-state index in [1.54, 1.807) is 0 Å². The van der Waals surface area contributed by atoms with Gasteiger partial charge in [-0.3, -0.25) is 9.59 Å². The minimum Gasteiger partial charge on any atom is -0.368 e. The topological polar surface area (TPSA) is 72.2 Å². The Labute approximate surface area is 194 Å². The average Bonchev–Trinajstić information content (AvgIpc) is 2.87. The van der Waals surface area contributed by atoms with Gasteiger partial charge in [0.2, 0.25) is 11.8 Å². The van der Waals surface area contributed by atoms with Gasteiger partial charge in [-0.05, 0) is 22.3 Å². The van der Waals surface area contributed by atoms with Crippen molar-refractivity contribution in [1.29, 1.82) is 0 Å². The van der Waals surface area contributed by atoms with E-state index in [-0.39, 0.29) is 5.91 Å². The third-order valence-corrected chi connectivity index (χ3v) is 5.89. The Balaban J connectivity index is 1.85. The number of amides is 2. The zero-order chi connectivity index (χ0) is 23.1. The van der Waals surface area contributed by atoms with E-state index in [0.29, 0.717) is 6.42 Å². The molecule has 2 amide bonds. The molecule has 1 atom stereocenters. The molecule has 4 nitrogen and oxygen atoms in total. The first-order valence-electron chi connectivity index (χ1n) is 10.9. The van der Waals surface area contributed by atoms with Gasteiger partial charge in [-0.15, -0.1) is 0 Å². The van der Waals surface area contributed by atoms with E-state index in [1.807, 2.05) is 121 Å². The van der Waals surface area contributed by atoms with E-state index in [2.05, 4.69) is 5.32 Å². The van der Waals surface area contributed by atoms with Crippen LogP contribution in [-0.2, 0) is 21.4 Å². The molecule has 0 fully saturated rings. The van der Waals surface area contributed by atoms with Crippen LogP contribution in [0.3, 0.4) is 0 Å². The van der Waals surface area contributed by atoms with E-state index in [0.717, 1.165) is 22.3 Å². The van der Waals surface area contributed by atoms with Gasteiger partial charge in [-0.2, -0.15) is 0 Å². The second kappa shape index (κ2) is 9.96. The highest BCUT2D eigenvalue weighted by Gasteiger charge is 2.44. The molecule has 3 N–H and O–H groups in total. The quantitative estimate of drug-likeness (QED) is 0.407. The first kappa shape index (κ1) is 22.0. The fourth-order valence-electron chi connectivity index (χ4n) is 4.30. The highest BCUT2D eigenvalue weighted by molar-refractivity contribution is 5.98. The summed E-state index contributed by atoms with van der Waals surface area (Å²) in [6.07, 6.45) is 0.316. The number of carbonyl (C=O) groups excluding carboxylic acids is 2. The van der Waals surface area contributed by atoms with Crippen LogP contribution >= 0.6 is 0 Å². The molecule has 4 rings (SSSR count). The highest BCUT2D eigenvalue weighted by Crippen LogP contribution is 2.39. The molecule has 0 aromatic heterocycles. The average molecular weight is 435 g/mol. The maximum Gasteiger partial charge on any atom is 0.240 e. The molecule has 4 heteroatoms. The first-order chi connectivity index (χ1) is 16.1. The van der Waals surface area contributed by atoms with E-state index in [1.165, 1.54) is 0 Å². The molecule has 0 saturated carbocycles. The van der Waals surface area contributed by atoms with Crippen molar-refractivity contribution in [2.24, 2.45) is 5.73 Å². The van der Waals surface area contributed by atoms with Crippen LogP contribution < -0.4 is 11.1 Å².